The number of carboxylic acids is 1. The second kappa shape index (κ2) is 49.3. The van der Waals surface area contributed by atoms with Gasteiger partial charge in [0.1, 0.15) is 87.2 Å². The summed E-state index contributed by atoms with van der Waals surface area (Å²) in [5, 5.41) is 93.6. The summed E-state index contributed by atoms with van der Waals surface area (Å²) in [7, 11) is 0. The molecule has 35 heteroatoms. The molecule has 6 amide bonds. The first-order chi connectivity index (χ1) is 41.9. The molecule has 0 spiro atoms. The summed E-state index contributed by atoms with van der Waals surface area (Å²) < 4.78 is 70.5. The topological polar surface area (TPSA) is 483 Å². The molecule has 2 heterocycles. The van der Waals surface area contributed by atoms with Crippen LogP contribution in [0.4, 0.5) is 0 Å². The molecule has 35 nitrogen and oxygen atoms in total. The van der Waals surface area contributed by atoms with E-state index in [-0.39, 0.29) is 158 Å². The van der Waals surface area contributed by atoms with E-state index < -0.39 is 135 Å². The fourth-order valence-electron chi connectivity index (χ4n) is 8.12. The highest BCUT2D eigenvalue weighted by Crippen LogP contribution is 2.23. The van der Waals surface area contributed by atoms with E-state index in [2.05, 4.69) is 36.8 Å². The Kier molecular flexibility index (Phi) is 44.5. The molecule has 0 saturated carbocycles. The van der Waals surface area contributed by atoms with Crippen molar-refractivity contribution in [1.82, 2.24) is 31.9 Å². The van der Waals surface area contributed by atoms with Crippen LogP contribution in [0.3, 0.4) is 0 Å². The third kappa shape index (κ3) is 36.0. The zero-order valence-corrected chi connectivity index (χ0v) is 49.5. The lowest BCUT2D eigenvalue weighted by Crippen LogP contribution is -2.64. The van der Waals surface area contributed by atoms with Gasteiger partial charge in [-0.3, -0.25) is 34.0 Å². The number of carboxylic acid groups (broad SMARTS) is 1. The fourth-order valence-corrected chi connectivity index (χ4v) is 8.12. The van der Waals surface area contributed by atoms with Gasteiger partial charge < -0.3 is 129 Å². The Balaban J connectivity index is 1.74. The molecule has 2 aliphatic rings. The lowest BCUT2D eigenvalue weighted by molar-refractivity contribution is -0.272. The summed E-state index contributed by atoms with van der Waals surface area (Å²) in [5.74, 6) is -4.56. The molecule has 0 radical (unpaired) electrons. The van der Waals surface area contributed by atoms with Crippen LogP contribution in [-0.2, 0) is 100 Å². The van der Waals surface area contributed by atoms with E-state index in [9.17, 15) is 69.3 Å². The minimum Gasteiger partial charge on any atom is -0.480 e. The van der Waals surface area contributed by atoms with Crippen molar-refractivity contribution in [3.8, 4) is 0 Å². The molecule has 0 aromatic carbocycles. The highest BCUT2D eigenvalue weighted by molar-refractivity contribution is 5.90. The first-order valence-electron chi connectivity index (χ1n) is 28.8. The molecular formula is C52H94N6O29. The number of amides is 6. The summed E-state index contributed by atoms with van der Waals surface area (Å²) >= 11 is 0. The molecule has 14 N–H and O–H groups in total. The van der Waals surface area contributed by atoms with Gasteiger partial charge in [-0.2, -0.15) is 0 Å². The number of hydrogen-bond acceptors (Lipinski definition) is 28. The van der Waals surface area contributed by atoms with Crippen LogP contribution in [0, 0.1) is 0 Å². The third-order valence-electron chi connectivity index (χ3n) is 12.5. The van der Waals surface area contributed by atoms with Crippen LogP contribution < -0.4 is 31.9 Å². The SMILES string of the molecule is CC(=O)N[C@H]1[C@H](OCCOCCOCCOCC(=O)NCCCC[C@H](NC(=O)COCCOCCOCCO[C@@H]2O[C@H](CO)[C@H](O)[C@H](O)[C@H]2NC(C)=O)C(=O)N[C@@H](CCCCNC(=O)COCCOCCOCCOO)C(=O)O)O[C@H](CO)[C@H](O)[C@@H]1O. The van der Waals surface area contributed by atoms with Crippen LogP contribution in [0.15, 0.2) is 0 Å². The molecule has 0 aromatic rings. The van der Waals surface area contributed by atoms with E-state index in [1.165, 1.54) is 13.8 Å². The molecule has 0 aromatic heterocycles. The van der Waals surface area contributed by atoms with Crippen LogP contribution >= 0.6 is 0 Å². The maximum absolute atomic E-state index is 13.5. The Hall–Kier alpha value is -4.55. The van der Waals surface area contributed by atoms with Crippen molar-refractivity contribution >= 4 is 41.4 Å². The van der Waals surface area contributed by atoms with E-state index in [1.807, 2.05) is 0 Å². The second-order valence-corrected chi connectivity index (χ2v) is 19.5. The average Bonchev–Trinajstić information content (AvgIpc) is 2.42. The highest BCUT2D eigenvalue weighted by atomic mass is 17.1. The molecule has 87 heavy (non-hydrogen) atoms. The number of carbonyl (C=O) groups is 7. The van der Waals surface area contributed by atoms with Crippen molar-refractivity contribution in [2.75, 3.05) is 165 Å². The first-order valence-corrected chi connectivity index (χ1v) is 28.8. The molecule has 2 saturated heterocycles. The number of aliphatic hydroxyl groups is 6. The summed E-state index contributed by atoms with van der Waals surface area (Å²) in [4.78, 5) is 90.5. The van der Waals surface area contributed by atoms with Crippen molar-refractivity contribution in [2.24, 2.45) is 0 Å². The van der Waals surface area contributed by atoms with E-state index in [4.69, 9.17) is 66.8 Å². The van der Waals surface area contributed by atoms with Gasteiger partial charge in [0.15, 0.2) is 12.6 Å². The Morgan fingerprint density at radius 2 is 0.782 bits per heavy atom. The lowest BCUT2D eigenvalue weighted by Gasteiger charge is -2.42. The van der Waals surface area contributed by atoms with Gasteiger partial charge in [0, 0.05) is 26.9 Å². The van der Waals surface area contributed by atoms with Gasteiger partial charge in [-0.15, -0.1) is 0 Å². The van der Waals surface area contributed by atoms with Crippen molar-refractivity contribution < 1.29 is 141 Å². The largest absolute Gasteiger partial charge is 0.480 e. The van der Waals surface area contributed by atoms with Crippen LogP contribution in [0.25, 0.3) is 0 Å². The van der Waals surface area contributed by atoms with Gasteiger partial charge in [-0.25, -0.2) is 9.68 Å². The van der Waals surface area contributed by atoms with Gasteiger partial charge >= 0.3 is 5.97 Å². The molecule has 0 bridgehead atoms. The molecule has 506 valence electrons. The minimum absolute atomic E-state index is 0.00352. The van der Waals surface area contributed by atoms with Crippen LogP contribution in [0.2, 0.25) is 0 Å². The number of aliphatic hydroxyl groups excluding tert-OH is 6. The van der Waals surface area contributed by atoms with Crippen LogP contribution in [-0.4, -0.2) is 321 Å². The van der Waals surface area contributed by atoms with Crippen molar-refractivity contribution in [3.05, 3.63) is 0 Å². The van der Waals surface area contributed by atoms with Gasteiger partial charge in [0.2, 0.25) is 35.4 Å². The first kappa shape index (κ1) is 78.5. The molecule has 0 aliphatic carbocycles. The van der Waals surface area contributed by atoms with Crippen molar-refractivity contribution in [1.29, 1.82) is 0 Å². The predicted molar refractivity (Wildman–Crippen MR) is 294 cm³/mol. The molecule has 2 rings (SSSR count). The summed E-state index contributed by atoms with van der Waals surface area (Å²) in [6.07, 6.45) is -8.97. The van der Waals surface area contributed by atoms with Gasteiger partial charge in [0.25, 0.3) is 0 Å². The Morgan fingerprint density at radius 3 is 1.14 bits per heavy atom. The fraction of sp³-hybridized carbons (Fsp3) is 0.865. The lowest BCUT2D eigenvalue weighted by atomic mass is 9.97. The van der Waals surface area contributed by atoms with Crippen molar-refractivity contribution in [2.45, 2.75) is 126 Å². The molecule has 0 unspecified atom stereocenters. The third-order valence-corrected chi connectivity index (χ3v) is 12.5. The summed E-state index contributed by atoms with van der Waals surface area (Å²) in [5.41, 5.74) is 0. The second-order valence-electron chi connectivity index (χ2n) is 19.5. The number of nitrogens with one attached hydrogen (secondary N) is 6. The van der Waals surface area contributed by atoms with Crippen molar-refractivity contribution in [3.63, 3.8) is 0 Å². The molecular weight excluding hydrogens is 1170 g/mol. The van der Waals surface area contributed by atoms with Gasteiger partial charge in [-0.05, 0) is 38.5 Å². The normalized spacial score (nSPS) is 22.6. The van der Waals surface area contributed by atoms with Crippen LogP contribution in [0.5, 0.6) is 0 Å². The van der Waals surface area contributed by atoms with Crippen LogP contribution in [0.1, 0.15) is 52.4 Å². The maximum atomic E-state index is 13.5. The quantitative estimate of drug-likeness (QED) is 0.0153. The van der Waals surface area contributed by atoms with Gasteiger partial charge in [-0.1, -0.05) is 0 Å². The Bertz CT molecular complexity index is 1890. The monoisotopic (exact) mass is 1270 g/mol. The number of unbranched alkanes of at least 4 members (excludes halogenated alkanes) is 2. The number of aliphatic carboxylic acids is 1. The Labute approximate surface area is 504 Å². The van der Waals surface area contributed by atoms with E-state index in [0.29, 0.717) is 25.7 Å². The zero-order chi connectivity index (χ0) is 64.0. The Morgan fingerprint density at radius 1 is 0.437 bits per heavy atom. The highest BCUT2D eigenvalue weighted by Gasteiger charge is 2.46. The minimum atomic E-state index is -1.46. The molecule has 2 aliphatic heterocycles. The number of carbonyl (C=O) groups excluding carboxylic acids is 6. The molecule has 2 fully saturated rings. The van der Waals surface area contributed by atoms with Gasteiger partial charge in [0.05, 0.1) is 126 Å². The maximum Gasteiger partial charge on any atom is 0.326 e. The van der Waals surface area contributed by atoms with E-state index in [0.717, 1.165) is 0 Å². The zero-order valence-electron chi connectivity index (χ0n) is 49.5. The van der Waals surface area contributed by atoms with E-state index in [1.54, 1.807) is 0 Å². The van der Waals surface area contributed by atoms with E-state index >= 15 is 0 Å². The molecule has 12 atom stereocenters. The number of ether oxygens (including phenoxy) is 13. The average molecular weight is 1270 g/mol. The summed E-state index contributed by atoms with van der Waals surface area (Å²) in [6, 6.07) is -4.70. The number of hydrogen-bond donors (Lipinski definition) is 14. The number of rotatable bonds is 53. The standard InChI is InChI=1S/C52H94N6O29/c1-34(61)55-43-47(68)45(66)38(29-59)86-51(43)83-26-23-77-14-11-74-17-20-80-31-40(63)53-9-5-3-7-36(49(70)58-37(50(71)72)8-4-6-10-54-41(64)32-81-21-18-76-13-16-79-25-28-85-73)57-42(65)33-82-22-19-75-12-15-78-24-27-84-52-44(56-35(2)62)48(69)46(67)39(30-60)87-52/h36-39,43-48,51-52,59-60,66-69,73H,3-33H2,1-2H3,(H,53,63)(H,54,64)(H,55,61)(H,56,62)(H,57,65)(H,58,70)(H,71,72)/t36-,37-,38+,39+,43+,44+,45-,46-,47+,48+,51+,52+/m0/s1. The predicted octanol–water partition coefficient (Wildman–Crippen LogP) is -6.83. The smallest absolute Gasteiger partial charge is 0.326 e. The summed E-state index contributed by atoms with van der Waals surface area (Å²) in [6.45, 7) is 2.82.